The van der Waals surface area contributed by atoms with E-state index in [2.05, 4.69) is 42.1 Å². The molecule has 1 unspecified atom stereocenters. The molecule has 2 rings (SSSR count). The lowest BCUT2D eigenvalue weighted by atomic mass is 9.99. The van der Waals surface area contributed by atoms with Crippen LogP contribution >= 0.6 is 11.3 Å². The molecule has 2 aromatic heterocycles. The first kappa shape index (κ1) is 14.2. The fourth-order valence-electron chi connectivity index (χ4n) is 2.24. The number of nitrogens with zero attached hydrogens (tertiary/aromatic N) is 2. The van der Waals surface area contributed by atoms with Crippen LogP contribution in [0.2, 0.25) is 0 Å². The SMILES string of the molecule is CCc1cnccc1C(Cc1nc(C)c(C)s1)NC. The van der Waals surface area contributed by atoms with Gasteiger partial charge in [0.2, 0.25) is 0 Å². The van der Waals surface area contributed by atoms with Gasteiger partial charge in [-0.2, -0.15) is 0 Å². The zero-order chi connectivity index (χ0) is 13.8. The Bertz CT molecular complexity index is 529. The van der Waals surface area contributed by atoms with E-state index in [0.29, 0.717) is 6.04 Å². The number of nitrogens with one attached hydrogen (secondary N) is 1. The van der Waals surface area contributed by atoms with Gasteiger partial charge in [0, 0.05) is 29.7 Å². The molecule has 0 fully saturated rings. The molecule has 0 bridgehead atoms. The van der Waals surface area contributed by atoms with Crippen molar-refractivity contribution in [1.82, 2.24) is 15.3 Å². The van der Waals surface area contributed by atoms with Crippen LogP contribution in [0.15, 0.2) is 18.5 Å². The molecule has 4 heteroatoms. The lowest BCUT2D eigenvalue weighted by molar-refractivity contribution is 0.584. The zero-order valence-electron chi connectivity index (χ0n) is 12.0. The van der Waals surface area contributed by atoms with Crippen molar-refractivity contribution < 1.29 is 0 Å². The van der Waals surface area contributed by atoms with E-state index < -0.39 is 0 Å². The van der Waals surface area contributed by atoms with Gasteiger partial charge in [-0.1, -0.05) is 6.92 Å². The van der Waals surface area contributed by atoms with Gasteiger partial charge >= 0.3 is 0 Å². The Kier molecular flexibility index (Phi) is 4.66. The number of hydrogen-bond donors (Lipinski definition) is 1. The van der Waals surface area contributed by atoms with Crippen LogP contribution in [0.4, 0.5) is 0 Å². The van der Waals surface area contributed by atoms with Crippen LogP contribution in [0, 0.1) is 13.8 Å². The molecule has 0 radical (unpaired) electrons. The van der Waals surface area contributed by atoms with Crippen LogP contribution in [0.3, 0.4) is 0 Å². The third kappa shape index (κ3) is 3.19. The number of hydrogen-bond acceptors (Lipinski definition) is 4. The first-order chi connectivity index (χ1) is 9.15. The first-order valence-corrected chi connectivity index (χ1v) is 7.50. The van der Waals surface area contributed by atoms with Crippen LogP contribution in [0.25, 0.3) is 0 Å². The molecule has 1 atom stereocenters. The number of aryl methyl sites for hydroxylation is 3. The summed E-state index contributed by atoms with van der Waals surface area (Å²) in [7, 11) is 2.01. The summed E-state index contributed by atoms with van der Waals surface area (Å²) >= 11 is 1.80. The van der Waals surface area contributed by atoms with E-state index in [-0.39, 0.29) is 0 Å². The molecule has 0 spiro atoms. The number of aromatic nitrogens is 2. The fraction of sp³-hybridized carbons (Fsp3) is 0.467. The van der Waals surface area contributed by atoms with Gasteiger partial charge in [-0.15, -0.1) is 11.3 Å². The summed E-state index contributed by atoms with van der Waals surface area (Å²) in [5.74, 6) is 0. The van der Waals surface area contributed by atoms with Crippen LogP contribution in [0.1, 0.15) is 39.7 Å². The molecule has 0 aliphatic rings. The summed E-state index contributed by atoms with van der Waals surface area (Å²) < 4.78 is 0. The van der Waals surface area contributed by atoms with E-state index >= 15 is 0 Å². The van der Waals surface area contributed by atoms with Gasteiger partial charge in [0.25, 0.3) is 0 Å². The highest BCUT2D eigenvalue weighted by Gasteiger charge is 2.16. The van der Waals surface area contributed by atoms with Crippen molar-refractivity contribution in [2.24, 2.45) is 0 Å². The fourth-order valence-corrected chi connectivity index (χ4v) is 3.22. The predicted molar refractivity (Wildman–Crippen MR) is 80.7 cm³/mol. The molecule has 0 saturated heterocycles. The zero-order valence-corrected chi connectivity index (χ0v) is 12.8. The largest absolute Gasteiger partial charge is 0.313 e. The van der Waals surface area contributed by atoms with Gasteiger partial charge < -0.3 is 5.32 Å². The second-order valence-electron chi connectivity index (χ2n) is 4.72. The molecule has 0 aliphatic carbocycles. The third-order valence-corrected chi connectivity index (χ3v) is 4.59. The van der Waals surface area contributed by atoms with Gasteiger partial charge in [0.1, 0.15) is 0 Å². The van der Waals surface area contributed by atoms with Crippen molar-refractivity contribution in [3.63, 3.8) is 0 Å². The van der Waals surface area contributed by atoms with Gasteiger partial charge in [-0.25, -0.2) is 4.98 Å². The highest BCUT2D eigenvalue weighted by molar-refractivity contribution is 7.11. The molecule has 2 aromatic rings. The molecule has 102 valence electrons. The molecule has 0 aliphatic heterocycles. The minimum absolute atomic E-state index is 0.308. The van der Waals surface area contributed by atoms with Gasteiger partial charge in [0.15, 0.2) is 0 Å². The van der Waals surface area contributed by atoms with Gasteiger partial charge in [-0.05, 0) is 44.5 Å². The molecule has 19 heavy (non-hydrogen) atoms. The van der Waals surface area contributed by atoms with E-state index in [1.807, 2.05) is 19.4 Å². The number of rotatable bonds is 5. The van der Waals surface area contributed by atoms with Crippen LogP contribution in [-0.2, 0) is 12.8 Å². The average molecular weight is 275 g/mol. The molecule has 2 heterocycles. The Hall–Kier alpha value is -1.26. The van der Waals surface area contributed by atoms with Crippen molar-refractivity contribution in [3.8, 4) is 0 Å². The molecular formula is C15H21N3S. The van der Waals surface area contributed by atoms with E-state index in [1.54, 1.807) is 11.3 Å². The van der Waals surface area contributed by atoms with Crippen molar-refractivity contribution in [3.05, 3.63) is 45.2 Å². The second kappa shape index (κ2) is 6.26. The normalized spacial score (nSPS) is 12.6. The van der Waals surface area contributed by atoms with E-state index in [0.717, 1.165) is 18.5 Å². The Balaban J connectivity index is 2.24. The molecule has 3 nitrogen and oxygen atoms in total. The Morgan fingerprint density at radius 3 is 2.74 bits per heavy atom. The molecule has 0 aromatic carbocycles. The van der Waals surface area contributed by atoms with E-state index in [4.69, 9.17) is 0 Å². The third-order valence-electron chi connectivity index (χ3n) is 3.50. The quantitative estimate of drug-likeness (QED) is 0.910. The maximum absolute atomic E-state index is 4.64. The average Bonchev–Trinajstić information content (AvgIpc) is 2.75. The monoisotopic (exact) mass is 275 g/mol. The standard InChI is InChI=1S/C15H21N3S/c1-5-12-9-17-7-6-13(12)14(16-4)8-15-18-10(2)11(3)19-15/h6-7,9,14,16H,5,8H2,1-4H3. The molecule has 0 amide bonds. The highest BCUT2D eigenvalue weighted by Crippen LogP contribution is 2.25. The van der Waals surface area contributed by atoms with Crippen molar-refractivity contribution in [2.75, 3.05) is 7.05 Å². The van der Waals surface area contributed by atoms with Crippen molar-refractivity contribution in [2.45, 2.75) is 39.7 Å². The lowest BCUT2D eigenvalue weighted by Crippen LogP contribution is -2.20. The van der Waals surface area contributed by atoms with Gasteiger partial charge in [-0.3, -0.25) is 4.98 Å². The maximum atomic E-state index is 4.64. The minimum atomic E-state index is 0.308. The Morgan fingerprint density at radius 2 is 2.16 bits per heavy atom. The molecular weight excluding hydrogens is 254 g/mol. The molecule has 1 N–H and O–H groups in total. The second-order valence-corrected chi connectivity index (χ2v) is 6.01. The number of pyridine rings is 1. The summed E-state index contributed by atoms with van der Waals surface area (Å²) in [4.78, 5) is 10.2. The Morgan fingerprint density at radius 1 is 1.37 bits per heavy atom. The maximum Gasteiger partial charge on any atom is 0.0949 e. The summed E-state index contributed by atoms with van der Waals surface area (Å²) in [5.41, 5.74) is 3.80. The van der Waals surface area contributed by atoms with E-state index in [1.165, 1.54) is 21.0 Å². The topological polar surface area (TPSA) is 37.8 Å². The highest BCUT2D eigenvalue weighted by atomic mass is 32.1. The van der Waals surface area contributed by atoms with Gasteiger partial charge in [0.05, 0.1) is 10.7 Å². The van der Waals surface area contributed by atoms with E-state index in [9.17, 15) is 0 Å². The van der Waals surface area contributed by atoms with Crippen LogP contribution in [-0.4, -0.2) is 17.0 Å². The molecule has 0 saturated carbocycles. The first-order valence-electron chi connectivity index (χ1n) is 6.68. The summed E-state index contributed by atoms with van der Waals surface area (Å²) in [6, 6.07) is 2.43. The van der Waals surface area contributed by atoms with Crippen molar-refractivity contribution >= 4 is 11.3 Å². The lowest BCUT2D eigenvalue weighted by Gasteiger charge is -2.18. The van der Waals surface area contributed by atoms with Crippen LogP contribution in [0.5, 0.6) is 0 Å². The minimum Gasteiger partial charge on any atom is -0.313 e. The summed E-state index contributed by atoms with van der Waals surface area (Å²) in [6.07, 6.45) is 5.79. The smallest absolute Gasteiger partial charge is 0.0949 e. The number of likely N-dealkylation sites (N-methyl/N-ethyl adjacent to an activating group) is 1. The Labute approximate surface area is 119 Å². The summed E-state index contributed by atoms with van der Waals surface area (Å²) in [6.45, 7) is 6.38. The van der Waals surface area contributed by atoms with Crippen molar-refractivity contribution in [1.29, 1.82) is 0 Å². The van der Waals surface area contributed by atoms with Crippen LogP contribution < -0.4 is 5.32 Å². The summed E-state index contributed by atoms with van der Waals surface area (Å²) in [5, 5.41) is 4.61. The predicted octanol–water partition coefficient (Wildman–Crippen LogP) is 3.22. The number of thiazole rings is 1.